The van der Waals surface area contributed by atoms with Gasteiger partial charge in [-0.2, -0.15) is 0 Å². The largest absolute Gasteiger partial charge is 0.456 e. The molecule has 0 spiro atoms. The Hall–Kier alpha value is -1.82. The highest BCUT2D eigenvalue weighted by Gasteiger charge is 2.14. The van der Waals surface area contributed by atoms with Gasteiger partial charge in [0.1, 0.15) is 11.5 Å². The second-order valence-electron chi connectivity index (χ2n) is 3.88. The smallest absolute Gasteiger partial charge is 0.275 e. The van der Waals surface area contributed by atoms with E-state index in [0.29, 0.717) is 21.5 Å². The molecule has 0 saturated heterocycles. The van der Waals surface area contributed by atoms with Gasteiger partial charge >= 0.3 is 0 Å². The molecule has 0 aromatic heterocycles. The molecule has 20 heavy (non-hydrogen) atoms. The maximum Gasteiger partial charge on any atom is 0.275 e. The van der Waals surface area contributed by atoms with Crippen molar-refractivity contribution in [1.82, 2.24) is 0 Å². The van der Waals surface area contributed by atoms with E-state index in [4.69, 9.17) is 33.0 Å². The van der Waals surface area contributed by atoms with Gasteiger partial charge in [0.05, 0.1) is 22.1 Å². The summed E-state index contributed by atoms with van der Waals surface area (Å²) >= 11 is 11.7. The zero-order chi connectivity index (χ0) is 14.7. The molecule has 7 heteroatoms. The first-order chi connectivity index (χ1) is 9.51. The predicted molar refractivity (Wildman–Crippen MR) is 75.6 cm³/mol. The van der Waals surface area contributed by atoms with Crippen LogP contribution >= 0.6 is 23.2 Å². The van der Waals surface area contributed by atoms with Gasteiger partial charge < -0.3 is 9.84 Å². The number of nitrogens with zero attached hydrogens (tertiary/aromatic N) is 1. The number of halogens is 2. The topological polar surface area (TPSA) is 72.6 Å². The Morgan fingerprint density at radius 3 is 2.55 bits per heavy atom. The summed E-state index contributed by atoms with van der Waals surface area (Å²) in [6, 6.07) is 8.82. The summed E-state index contributed by atoms with van der Waals surface area (Å²) in [5.41, 5.74) is -0.000334. The second-order valence-corrected chi connectivity index (χ2v) is 4.73. The Morgan fingerprint density at radius 1 is 1.20 bits per heavy atom. The van der Waals surface area contributed by atoms with Gasteiger partial charge in [-0.05, 0) is 30.3 Å². The standard InChI is InChI=1S/C13H9Cl2NO4/c14-9-1-4-13(11(15)6-9)20-10-2-3-12(16(18)19)8(5-10)7-17/h1-6,17H,7H2. The lowest BCUT2D eigenvalue weighted by Gasteiger charge is -2.09. The van der Waals surface area contributed by atoms with Crippen LogP contribution in [-0.4, -0.2) is 10.0 Å². The summed E-state index contributed by atoms with van der Waals surface area (Å²) in [6.07, 6.45) is 0. The summed E-state index contributed by atoms with van der Waals surface area (Å²) in [7, 11) is 0. The lowest BCUT2D eigenvalue weighted by molar-refractivity contribution is -0.385. The fourth-order valence-electron chi connectivity index (χ4n) is 1.62. The highest BCUT2D eigenvalue weighted by molar-refractivity contribution is 6.35. The molecule has 0 unspecified atom stereocenters. The monoisotopic (exact) mass is 313 g/mol. The number of benzene rings is 2. The third kappa shape index (κ3) is 3.19. The molecule has 0 radical (unpaired) electrons. The molecule has 0 fully saturated rings. The SMILES string of the molecule is O=[N+]([O-])c1ccc(Oc2ccc(Cl)cc2Cl)cc1CO. The molecule has 2 aromatic carbocycles. The molecule has 0 bridgehead atoms. The molecule has 0 saturated carbocycles. The Morgan fingerprint density at radius 2 is 1.95 bits per heavy atom. The van der Waals surface area contributed by atoms with E-state index in [2.05, 4.69) is 0 Å². The van der Waals surface area contributed by atoms with Crippen LogP contribution in [-0.2, 0) is 6.61 Å². The van der Waals surface area contributed by atoms with Gasteiger partial charge in [-0.3, -0.25) is 10.1 Å². The minimum absolute atomic E-state index is 0.164. The number of hydrogen-bond donors (Lipinski definition) is 1. The van der Waals surface area contributed by atoms with Gasteiger partial charge in [-0.25, -0.2) is 0 Å². The normalized spacial score (nSPS) is 10.3. The molecule has 0 heterocycles. The third-order valence-corrected chi connectivity index (χ3v) is 3.07. The summed E-state index contributed by atoms with van der Waals surface area (Å²) in [4.78, 5) is 10.2. The summed E-state index contributed by atoms with van der Waals surface area (Å²) in [6.45, 7) is -0.456. The van der Waals surface area contributed by atoms with E-state index in [9.17, 15) is 10.1 Å². The van der Waals surface area contributed by atoms with E-state index in [1.54, 1.807) is 12.1 Å². The predicted octanol–water partition coefficient (Wildman–Crippen LogP) is 4.19. The molecule has 0 amide bonds. The molecular formula is C13H9Cl2NO4. The van der Waals surface area contributed by atoms with Gasteiger partial charge in [-0.15, -0.1) is 0 Å². The molecule has 0 aliphatic rings. The Balaban J connectivity index is 2.32. The first-order valence-corrected chi connectivity index (χ1v) is 6.28. The van der Waals surface area contributed by atoms with Crippen LogP contribution in [0.25, 0.3) is 0 Å². The number of hydrogen-bond acceptors (Lipinski definition) is 4. The van der Waals surface area contributed by atoms with Crippen molar-refractivity contribution in [3.8, 4) is 11.5 Å². The number of ether oxygens (including phenoxy) is 1. The van der Waals surface area contributed by atoms with Crippen molar-refractivity contribution >= 4 is 28.9 Å². The Bertz CT molecular complexity index is 661. The van der Waals surface area contributed by atoms with Crippen molar-refractivity contribution in [2.45, 2.75) is 6.61 Å². The Labute approximate surface area is 124 Å². The van der Waals surface area contributed by atoms with Crippen molar-refractivity contribution in [3.05, 3.63) is 62.1 Å². The highest BCUT2D eigenvalue weighted by Crippen LogP contribution is 2.33. The molecule has 0 aliphatic carbocycles. The Kier molecular flexibility index (Phi) is 4.44. The molecule has 0 atom stereocenters. The van der Waals surface area contributed by atoms with Gasteiger partial charge in [-0.1, -0.05) is 23.2 Å². The maximum absolute atomic E-state index is 10.8. The van der Waals surface area contributed by atoms with E-state index in [1.165, 1.54) is 24.3 Å². The van der Waals surface area contributed by atoms with Crippen LogP contribution in [0.2, 0.25) is 10.0 Å². The highest BCUT2D eigenvalue weighted by atomic mass is 35.5. The quantitative estimate of drug-likeness (QED) is 0.678. The minimum atomic E-state index is -0.565. The zero-order valence-electron chi connectivity index (χ0n) is 10.0. The third-order valence-electron chi connectivity index (χ3n) is 2.54. The van der Waals surface area contributed by atoms with Gasteiger partial charge in [0.2, 0.25) is 0 Å². The number of aliphatic hydroxyl groups is 1. The van der Waals surface area contributed by atoms with Crippen molar-refractivity contribution in [2.75, 3.05) is 0 Å². The number of nitro groups is 1. The van der Waals surface area contributed by atoms with Crippen LogP contribution in [0.3, 0.4) is 0 Å². The zero-order valence-corrected chi connectivity index (χ0v) is 11.6. The van der Waals surface area contributed by atoms with E-state index in [1.807, 2.05) is 0 Å². The average Bonchev–Trinajstić information content (AvgIpc) is 2.41. The first-order valence-electron chi connectivity index (χ1n) is 5.52. The fourth-order valence-corrected chi connectivity index (χ4v) is 2.06. The van der Waals surface area contributed by atoms with E-state index in [-0.39, 0.29) is 11.3 Å². The van der Waals surface area contributed by atoms with Crippen LogP contribution < -0.4 is 4.74 Å². The van der Waals surface area contributed by atoms with Gasteiger partial charge in [0.25, 0.3) is 5.69 Å². The summed E-state index contributed by atoms with van der Waals surface area (Å²) < 4.78 is 5.52. The number of nitro benzene ring substituents is 1. The maximum atomic E-state index is 10.8. The van der Waals surface area contributed by atoms with Crippen molar-refractivity contribution < 1.29 is 14.8 Å². The summed E-state index contributed by atoms with van der Waals surface area (Å²) in [5.74, 6) is 0.706. The average molecular weight is 314 g/mol. The summed E-state index contributed by atoms with van der Waals surface area (Å²) in [5, 5.41) is 20.7. The molecule has 2 aromatic rings. The number of aliphatic hydroxyl groups excluding tert-OH is 1. The van der Waals surface area contributed by atoms with E-state index in [0.717, 1.165) is 0 Å². The van der Waals surface area contributed by atoms with Gasteiger partial charge in [0, 0.05) is 11.1 Å². The van der Waals surface area contributed by atoms with Crippen molar-refractivity contribution in [1.29, 1.82) is 0 Å². The minimum Gasteiger partial charge on any atom is -0.456 e. The van der Waals surface area contributed by atoms with Crippen LogP contribution in [0.5, 0.6) is 11.5 Å². The molecule has 1 N–H and O–H groups in total. The number of rotatable bonds is 4. The first kappa shape index (κ1) is 14.6. The van der Waals surface area contributed by atoms with E-state index < -0.39 is 11.5 Å². The van der Waals surface area contributed by atoms with E-state index >= 15 is 0 Å². The van der Waals surface area contributed by atoms with Crippen LogP contribution in [0, 0.1) is 10.1 Å². The lowest BCUT2D eigenvalue weighted by atomic mass is 10.2. The molecule has 0 aliphatic heterocycles. The van der Waals surface area contributed by atoms with Crippen molar-refractivity contribution in [2.24, 2.45) is 0 Å². The molecule has 5 nitrogen and oxygen atoms in total. The fraction of sp³-hybridized carbons (Fsp3) is 0.0769. The molecular weight excluding hydrogens is 305 g/mol. The lowest BCUT2D eigenvalue weighted by Crippen LogP contribution is -1.96. The van der Waals surface area contributed by atoms with Crippen LogP contribution in [0.4, 0.5) is 5.69 Å². The van der Waals surface area contributed by atoms with Crippen molar-refractivity contribution in [3.63, 3.8) is 0 Å². The van der Waals surface area contributed by atoms with Crippen LogP contribution in [0.15, 0.2) is 36.4 Å². The molecule has 104 valence electrons. The molecule has 2 rings (SSSR count). The van der Waals surface area contributed by atoms with Crippen LogP contribution in [0.1, 0.15) is 5.56 Å². The second kappa shape index (κ2) is 6.09. The van der Waals surface area contributed by atoms with Gasteiger partial charge in [0.15, 0.2) is 0 Å².